The number of nitriles is 1. The van der Waals surface area contributed by atoms with E-state index in [0.717, 1.165) is 0 Å². The molecule has 1 aromatic rings. The van der Waals surface area contributed by atoms with Gasteiger partial charge in [0.25, 0.3) is 0 Å². The zero-order valence-electron chi connectivity index (χ0n) is 7.06. The fourth-order valence-electron chi connectivity index (χ4n) is 0.967. The van der Waals surface area contributed by atoms with Gasteiger partial charge in [0.1, 0.15) is 0 Å². The minimum absolute atomic E-state index is 0.212. The van der Waals surface area contributed by atoms with Crippen molar-refractivity contribution in [3.63, 3.8) is 0 Å². The van der Waals surface area contributed by atoms with Gasteiger partial charge in [-0.15, -0.1) is 0 Å². The number of nitrogens with zero attached hydrogens (tertiary/aromatic N) is 1. The quantitative estimate of drug-likeness (QED) is 0.671. The van der Waals surface area contributed by atoms with Gasteiger partial charge < -0.3 is 14.9 Å². The smallest absolute Gasteiger partial charge is 0.168 e. The molecule has 0 bridgehead atoms. The summed E-state index contributed by atoms with van der Waals surface area (Å²) in [6.07, 6.45) is -0.716. The number of ether oxygens (including phenoxy) is 1. The summed E-state index contributed by atoms with van der Waals surface area (Å²) in [6.45, 7) is 0. The molecule has 4 nitrogen and oxygen atoms in total. The first-order valence-corrected chi connectivity index (χ1v) is 3.63. The Morgan fingerprint density at radius 1 is 1.38 bits per heavy atom. The van der Waals surface area contributed by atoms with Gasteiger partial charge >= 0.3 is 0 Å². The molecule has 1 rings (SSSR count). The van der Waals surface area contributed by atoms with Gasteiger partial charge in [-0.1, -0.05) is 6.07 Å². The third-order valence-corrected chi connectivity index (χ3v) is 1.66. The Kier molecular flexibility index (Phi) is 2.72. The molecule has 1 unspecified atom stereocenters. The molecular formula is C9H9NO3. The molecule has 0 fully saturated rings. The maximum atomic E-state index is 9.13. The second-order valence-corrected chi connectivity index (χ2v) is 2.49. The number of phenolic OH excluding ortho intramolecular Hbond substituents is 2. The highest BCUT2D eigenvalue weighted by Crippen LogP contribution is 2.28. The number of methoxy groups -OCH3 is 1. The van der Waals surface area contributed by atoms with E-state index >= 15 is 0 Å². The van der Waals surface area contributed by atoms with Crippen LogP contribution in [0.2, 0.25) is 0 Å². The zero-order chi connectivity index (χ0) is 9.84. The minimum atomic E-state index is -0.716. The van der Waals surface area contributed by atoms with Crippen LogP contribution in [0.15, 0.2) is 18.2 Å². The molecule has 0 aliphatic heterocycles. The number of benzene rings is 1. The minimum Gasteiger partial charge on any atom is -0.504 e. The van der Waals surface area contributed by atoms with Gasteiger partial charge in [0, 0.05) is 7.11 Å². The molecule has 0 saturated carbocycles. The zero-order valence-corrected chi connectivity index (χ0v) is 7.06. The van der Waals surface area contributed by atoms with E-state index in [4.69, 9.17) is 20.2 Å². The molecule has 0 heterocycles. The molecule has 0 radical (unpaired) electrons. The molecular weight excluding hydrogens is 170 g/mol. The summed E-state index contributed by atoms with van der Waals surface area (Å²) in [5.74, 6) is -0.466. The van der Waals surface area contributed by atoms with Crippen LogP contribution in [-0.4, -0.2) is 17.3 Å². The van der Waals surface area contributed by atoms with Gasteiger partial charge in [0.15, 0.2) is 17.6 Å². The van der Waals surface area contributed by atoms with Gasteiger partial charge in [-0.3, -0.25) is 0 Å². The third kappa shape index (κ3) is 1.89. The monoisotopic (exact) mass is 179 g/mol. The average Bonchev–Trinajstić information content (AvgIpc) is 2.13. The van der Waals surface area contributed by atoms with Crippen LogP contribution in [0.5, 0.6) is 11.5 Å². The summed E-state index contributed by atoms with van der Waals surface area (Å²) in [4.78, 5) is 0. The van der Waals surface area contributed by atoms with Crippen molar-refractivity contribution in [2.75, 3.05) is 7.11 Å². The van der Waals surface area contributed by atoms with E-state index in [0.29, 0.717) is 5.56 Å². The predicted molar refractivity (Wildman–Crippen MR) is 45.1 cm³/mol. The van der Waals surface area contributed by atoms with Crippen LogP contribution in [0.1, 0.15) is 11.7 Å². The van der Waals surface area contributed by atoms with Crippen LogP contribution in [0.25, 0.3) is 0 Å². The Bertz CT molecular complexity index is 343. The first-order valence-electron chi connectivity index (χ1n) is 3.63. The van der Waals surface area contributed by atoms with E-state index in [1.807, 2.05) is 6.07 Å². The molecule has 0 spiro atoms. The summed E-state index contributed by atoms with van der Waals surface area (Å²) in [5, 5.41) is 26.7. The number of phenols is 2. The lowest BCUT2D eigenvalue weighted by atomic mass is 10.1. The molecule has 0 aromatic heterocycles. The first kappa shape index (κ1) is 9.36. The van der Waals surface area contributed by atoms with Crippen molar-refractivity contribution < 1.29 is 14.9 Å². The van der Waals surface area contributed by atoms with E-state index in [9.17, 15) is 0 Å². The van der Waals surface area contributed by atoms with Crippen LogP contribution < -0.4 is 0 Å². The van der Waals surface area contributed by atoms with Crippen molar-refractivity contribution in [1.29, 1.82) is 5.26 Å². The highest BCUT2D eigenvalue weighted by molar-refractivity contribution is 5.42. The normalized spacial score (nSPS) is 12.0. The van der Waals surface area contributed by atoms with Crippen LogP contribution in [0, 0.1) is 11.3 Å². The van der Waals surface area contributed by atoms with Crippen LogP contribution >= 0.6 is 0 Å². The molecule has 0 saturated heterocycles. The first-order chi connectivity index (χ1) is 6.19. The lowest BCUT2D eigenvalue weighted by molar-refractivity contribution is 0.148. The fraction of sp³-hybridized carbons (Fsp3) is 0.222. The summed E-state index contributed by atoms with van der Waals surface area (Å²) in [7, 11) is 1.40. The maximum Gasteiger partial charge on any atom is 0.168 e. The van der Waals surface area contributed by atoms with Gasteiger partial charge in [-0.25, -0.2) is 0 Å². The van der Waals surface area contributed by atoms with Crippen molar-refractivity contribution in [3.05, 3.63) is 23.8 Å². The van der Waals surface area contributed by atoms with Gasteiger partial charge in [0.2, 0.25) is 0 Å². The van der Waals surface area contributed by atoms with Crippen molar-refractivity contribution in [3.8, 4) is 17.6 Å². The van der Waals surface area contributed by atoms with E-state index in [1.165, 1.54) is 25.3 Å². The molecule has 4 heteroatoms. The van der Waals surface area contributed by atoms with E-state index in [1.54, 1.807) is 0 Å². The number of hydrogen-bond donors (Lipinski definition) is 2. The van der Waals surface area contributed by atoms with Gasteiger partial charge in [0.05, 0.1) is 6.07 Å². The Balaban J connectivity index is 3.04. The highest BCUT2D eigenvalue weighted by Gasteiger charge is 2.10. The van der Waals surface area contributed by atoms with E-state index in [-0.39, 0.29) is 11.5 Å². The molecule has 0 aliphatic rings. The predicted octanol–water partition coefficient (Wildman–Crippen LogP) is 1.31. The largest absolute Gasteiger partial charge is 0.504 e. The van der Waals surface area contributed by atoms with E-state index < -0.39 is 6.10 Å². The Morgan fingerprint density at radius 3 is 2.54 bits per heavy atom. The molecule has 0 amide bonds. The van der Waals surface area contributed by atoms with Crippen LogP contribution in [0.3, 0.4) is 0 Å². The summed E-state index contributed by atoms with van der Waals surface area (Å²) in [5.41, 5.74) is 0.514. The SMILES string of the molecule is COC(C#N)c1ccc(O)c(O)c1. The molecule has 68 valence electrons. The van der Waals surface area contributed by atoms with Crippen molar-refractivity contribution >= 4 is 0 Å². The highest BCUT2D eigenvalue weighted by atomic mass is 16.5. The summed E-state index contributed by atoms with van der Waals surface area (Å²) >= 11 is 0. The number of aromatic hydroxyl groups is 2. The lowest BCUT2D eigenvalue weighted by Crippen LogP contribution is -1.97. The summed E-state index contributed by atoms with van der Waals surface area (Å²) in [6, 6.07) is 6.03. The maximum absolute atomic E-state index is 9.13. The lowest BCUT2D eigenvalue weighted by Gasteiger charge is -2.07. The fourth-order valence-corrected chi connectivity index (χ4v) is 0.967. The van der Waals surface area contributed by atoms with Crippen LogP contribution in [-0.2, 0) is 4.74 Å². The standard InChI is InChI=1S/C9H9NO3/c1-13-9(5-10)6-2-3-7(11)8(12)4-6/h2-4,9,11-12H,1H3. The van der Waals surface area contributed by atoms with Gasteiger partial charge in [-0.05, 0) is 17.7 Å². The van der Waals surface area contributed by atoms with Crippen molar-refractivity contribution in [2.45, 2.75) is 6.10 Å². The molecule has 0 aliphatic carbocycles. The average molecular weight is 179 g/mol. The topological polar surface area (TPSA) is 73.5 Å². The van der Waals surface area contributed by atoms with E-state index in [2.05, 4.69) is 0 Å². The van der Waals surface area contributed by atoms with Crippen molar-refractivity contribution in [2.24, 2.45) is 0 Å². The van der Waals surface area contributed by atoms with Crippen molar-refractivity contribution in [1.82, 2.24) is 0 Å². The second kappa shape index (κ2) is 3.78. The summed E-state index contributed by atoms with van der Waals surface area (Å²) < 4.78 is 4.83. The van der Waals surface area contributed by atoms with Gasteiger partial charge in [-0.2, -0.15) is 5.26 Å². The Labute approximate surface area is 75.6 Å². The number of rotatable bonds is 2. The molecule has 1 aromatic carbocycles. The van der Waals surface area contributed by atoms with Crippen LogP contribution in [0.4, 0.5) is 0 Å². The second-order valence-electron chi connectivity index (χ2n) is 2.49. The molecule has 13 heavy (non-hydrogen) atoms. The molecule has 1 atom stereocenters. The Morgan fingerprint density at radius 2 is 2.08 bits per heavy atom. The Hall–Kier alpha value is -1.73. The number of hydrogen-bond acceptors (Lipinski definition) is 4. The molecule has 2 N–H and O–H groups in total. The third-order valence-electron chi connectivity index (χ3n) is 1.66.